The Hall–Kier alpha value is -0.930. The third-order valence-corrected chi connectivity index (χ3v) is 2.11. The van der Waals surface area contributed by atoms with Crippen LogP contribution in [0, 0.1) is 0 Å². The topological polar surface area (TPSA) is 37.3 Å². The molecule has 0 spiro atoms. The smallest absolute Gasteiger partial charge is 0.182 e. The summed E-state index contributed by atoms with van der Waals surface area (Å²) in [6.45, 7) is 1.63. The Morgan fingerprint density at radius 3 is 2.50 bits per heavy atom. The van der Waals surface area contributed by atoms with E-state index in [1.807, 2.05) is 30.3 Å². The highest BCUT2D eigenvalue weighted by molar-refractivity contribution is 7.83. The standard InChI is InChI=1S/C9H10O2S/c1-8(12(10)11)7-9-5-3-2-4-6-9/h2-7H,1H3,(H,10,11)/b8-7+. The quantitative estimate of drug-likeness (QED) is 0.712. The lowest BCUT2D eigenvalue weighted by Crippen LogP contribution is -1.86. The van der Waals surface area contributed by atoms with E-state index in [-0.39, 0.29) is 0 Å². The molecule has 0 saturated heterocycles. The van der Waals surface area contributed by atoms with Crippen molar-refractivity contribution in [2.24, 2.45) is 0 Å². The Bertz CT molecular complexity index is 304. The van der Waals surface area contributed by atoms with E-state index < -0.39 is 11.1 Å². The van der Waals surface area contributed by atoms with Crippen LogP contribution in [0.25, 0.3) is 6.08 Å². The lowest BCUT2D eigenvalue weighted by atomic mass is 10.2. The Kier molecular flexibility index (Phi) is 3.19. The van der Waals surface area contributed by atoms with Crippen LogP contribution in [0.5, 0.6) is 0 Å². The van der Waals surface area contributed by atoms with Gasteiger partial charge < -0.3 is 4.55 Å². The summed E-state index contributed by atoms with van der Waals surface area (Å²) in [5.74, 6) is 0. The molecule has 12 heavy (non-hydrogen) atoms. The molecule has 1 aromatic carbocycles. The van der Waals surface area contributed by atoms with Crippen LogP contribution in [0.3, 0.4) is 0 Å². The average Bonchev–Trinajstić information content (AvgIpc) is 2.06. The van der Waals surface area contributed by atoms with E-state index in [1.165, 1.54) is 0 Å². The minimum absolute atomic E-state index is 0.459. The van der Waals surface area contributed by atoms with Crippen molar-refractivity contribution in [3.63, 3.8) is 0 Å². The molecule has 0 amide bonds. The van der Waals surface area contributed by atoms with Gasteiger partial charge in [-0.3, -0.25) is 0 Å². The van der Waals surface area contributed by atoms with Gasteiger partial charge in [0.1, 0.15) is 0 Å². The molecule has 0 bridgehead atoms. The van der Waals surface area contributed by atoms with Crippen LogP contribution in [0.2, 0.25) is 0 Å². The Morgan fingerprint density at radius 2 is 2.00 bits per heavy atom. The molecular weight excluding hydrogens is 172 g/mol. The highest BCUT2D eigenvalue weighted by atomic mass is 32.2. The van der Waals surface area contributed by atoms with Gasteiger partial charge in [0.05, 0.1) is 0 Å². The van der Waals surface area contributed by atoms with Crippen molar-refractivity contribution in [1.82, 2.24) is 0 Å². The summed E-state index contributed by atoms with van der Waals surface area (Å²) >= 11 is -1.85. The van der Waals surface area contributed by atoms with E-state index in [4.69, 9.17) is 4.55 Å². The van der Waals surface area contributed by atoms with Crippen LogP contribution in [0.1, 0.15) is 12.5 Å². The van der Waals surface area contributed by atoms with Crippen LogP contribution >= 0.6 is 0 Å². The lowest BCUT2D eigenvalue weighted by molar-refractivity contribution is 0.571. The molecule has 0 heterocycles. The van der Waals surface area contributed by atoms with Crippen molar-refractivity contribution >= 4 is 17.2 Å². The molecule has 0 radical (unpaired) electrons. The summed E-state index contributed by atoms with van der Waals surface area (Å²) < 4.78 is 19.2. The molecule has 1 rings (SSSR count). The van der Waals surface area contributed by atoms with Crippen LogP contribution in [0.15, 0.2) is 35.2 Å². The fourth-order valence-electron chi connectivity index (χ4n) is 0.834. The normalized spacial score (nSPS) is 14.3. The van der Waals surface area contributed by atoms with Crippen molar-refractivity contribution in [3.8, 4) is 0 Å². The molecule has 64 valence electrons. The number of allylic oxidation sites excluding steroid dienone is 1. The van der Waals surface area contributed by atoms with E-state index in [2.05, 4.69) is 0 Å². The van der Waals surface area contributed by atoms with Crippen LogP contribution < -0.4 is 0 Å². The molecule has 0 aliphatic carbocycles. The summed E-state index contributed by atoms with van der Waals surface area (Å²) in [5.41, 5.74) is 0.942. The molecule has 1 atom stereocenters. The van der Waals surface area contributed by atoms with Gasteiger partial charge in [-0.1, -0.05) is 30.3 Å². The molecule has 0 aromatic heterocycles. The maximum atomic E-state index is 10.5. The number of rotatable bonds is 2. The van der Waals surface area contributed by atoms with Crippen LogP contribution in [-0.2, 0) is 11.1 Å². The Morgan fingerprint density at radius 1 is 1.42 bits per heavy atom. The van der Waals surface area contributed by atoms with Crippen LogP contribution in [-0.4, -0.2) is 8.76 Å². The first-order chi connectivity index (χ1) is 5.70. The van der Waals surface area contributed by atoms with Gasteiger partial charge in [0.15, 0.2) is 11.1 Å². The highest BCUT2D eigenvalue weighted by Crippen LogP contribution is 2.07. The van der Waals surface area contributed by atoms with E-state index in [1.54, 1.807) is 13.0 Å². The molecule has 3 heteroatoms. The second-order valence-electron chi connectivity index (χ2n) is 2.41. The first-order valence-electron chi connectivity index (χ1n) is 3.54. The lowest BCUT2D eigenvalue weighted by Gasteiger charge is -1.94. The summed E-state index contributed by atoms with van der Waals surface area (Å²) in [5, 5.41) is 0. The molecule has 1 N–H and O–H groups in total. The molecular formula is C9H10O2S. The molecule has 1 unspecified atom stereocenters. The van der Waals surface area contributed by atoms with Gasteiger partial charge in [-0.2, -0.15) is 0 Å². The maximum Gasteiger partial charge on any atom is 0.182 e. The minimum Gasteiger partial charge on any atom is -0.302 e. The van der Waals surface area contributed by atoms with Crippen molar-refractivity contribution in [2.75, 3.05) is 0 Å². The summed E-state index contributed by atoms with van der Waals surface area (Å²) in [4.78, 5) is 0.459. The molecule has 0 aliphatic rings. The number of hydrogen-bond donors (Lipinski definition) is 1. The average molecular weight is 182 g/mol. The van der Waals surface area contributed by atoms with Gasteiger partial charge in [-0.05, 0) is 18.6 Å². The second kappa shape index (κ2) is 4.18. The van der Waals surface area contributed by atoms with Gasteiger partial charge in [-0.25, -0.2) is 4.21 Å². The highest BCUT2D eigenvalue weighted by Gasteiger charge is 1.95. The molecule has 0 fully saturated rings. The van der Waals surface area contributed by atoms with Crippen molar-refractivity contribution in [3.05, 3.63) is 40.8 Å². The summed E-state index contributed by atoms with van der Waals surface area (Å²) in [6, 6.07) is 9.45. The van der Waals surface area contributed by atoms with E-state index in [0.29, 0.717) is 4.91 Å². The van der Waals surface area contributed by atoms with Crippen molar-refractivity contribution in [1.29, 1.82) is 0 Å². The third kappa shape index (κ3) is 2.60. The third-order valence-electron chi connectivity index (χ3n) is 1.44. The first kappa shape index (κ1) is 9.16. The van der Waals surface area contributed by atoms with Gasteiger partial charge in [0.2, 0.25) is 0 Å². The second-order valence-corrected chi connectivity index (χ2v) is 3.56. The van der Waals surface area contributed by atoms with Gasteiger partial charge >= 0.3 is 0 Å². The SMILES string of the molecule is C/C(=C\c1ccccc1)S(=O)O. The summed E-state index contributed by atoms with van der Waals surface area (Å²) in [7, 11) is 0. The molecule has 0 saturated carbocycles. The molecule has 0 aliphatic heterocycles. The van der Waals surface area contributed by atoms with E-state index in [0.717, 1.165) is 5.56 Å². The van der Waals surface area contributed by atoms with Gasteiger partial charge in [-0.15, -0.1) is 0 Å². The zero-order valence-electron chi connectivity index (χ0n) is 6.73. The van der Waals surface area contributed by atoms with Crippen LogP contribution in [0.4, 0.5) is 0 Å². The zero-order chi connectivity index (χ0) is 8.97. The monoisotopic (exact) mass is 182 g/mol. The largest absolute Gasteiger partial charge is 0.302 e. The number of benzene rings is 1. The predicted octanol–water partition coefficient (Wildman–Crippen LogP) is 2.27. The van der Waals surface area contributed by atoms with E-state index in [9.17, 15) is 4.21 Å². The molecule has 1 aromatic rings. The van der Waals surface area contributed by atoms with Gasteiger partial charge in [0, 0.05) is 4.91 Å². The first-order valence-corrected chi connectivity index (χ1v) is 4.65. The fraction of sp³-hybridized carbons (Fsp3) is 0.111. The van der Waals surface area contributed by atoms with Gasteiger partial charge in [0.25, 0.3) is 0 Å². The Labute approximate surface area is 74.2 Å². The Balaban J connectivity index is 2.89. The number of hydrogen-bond acceptors (Lipinski definition) is 1. The molecule has 2 nitrogen and oxygen atoms in total. The minimum atomic E-state index is -1.85. The maximum absolute atomic E-state index is 10.5. The zero-order valence-corrected chi connectivity index (χ0v) is 7.54. The van der Waals surface area contributed by atoms with Crippen molar-refractivity contribution < 1.29 is 8.76 Å². The fourth-order valence-corrected chi connectivity index (χ4v) is 1.07. The van der Waals surface area contributed by atoms with Crippen molar-refractivity contribution in [2.45, 2.75) is 6.92 Å². The van der Waals surface area contributed by atoms with E-state index >= 15 is 0 Å². The summed E-state index contributed by atoms with van der Waals surface area (Å²) in [6.07, 6.45) is 1.69. The predicted molar refractivity (Wildman–Crippen MR) is 50.9 cm³/mol.